The number of carbonyl (C=O) groups excluding carboxylic acids is 3. The van der Waals surface area contributed by atoms with Crippen LogP contribution < -0.4 is 28.9 Å². The molecule has 0 unspecified atom stereocenters. The van der Waals surface area contributed by atoms with Crippen LogP contribution >= 0.6 is 0 Å². The Morgan fingerprint density at radius 2 is 0.786 bits per heavy atom. The van der Waals surface area contributed by atoms with Crippen molar-refractivity contribution in [3.8, 4) is 0 Å². The third kappa shape index (κ3) is 16.2. The number of nitrogens with one attached hydrogen (secondary N) is 6. The van der Waals surface area contributed by atoms with Gasteiger partial charge < -0.3 is 39.3 Å². The molecular weight excluding hydrogens is 1340 g/mol. The standard InChI is InChI=1S/C23H26F2N4O3S.C22H25F2N5O3S.C21H22F2N4O4S/c1-3-10-33(31,32)28-19-5-4-18(24)20(21(19)25)22(30)17-13-27-23-16(17)11-15(12-26-23)29-8-6-14(2)7-9-29;1-3-10-33(31,32)27-18-5-4-17(23)19(20(18)24)21(30)16-13-26-22-15(16)11-14(12-25-22)29-8-6-28(2)7-9-29;1-2-9-32(29,30)26-17-4-3-16(22)18(19(17)23)20(28)15-12-25-21-14(15)10-13(11-24-21)27-5-7-31-8-6-27/h4-5,11-14,28H,3,6-10H2,1-2H3,(H,26,27);4-5,11-13,27H,3,6-10H2,1-2H3,(H,25,26);3-4,10-12,26H,2,5-9H2,1H3,(H,24,25). The van der Waals surface area contributed by atoms with Gasteiger partial charge in [0.25, 0.3) is 0 Å². The third-order valence-corrected chi connectivity index (χ3v) is 21.3. The van der Waals surface area contributed by atoms with Crippen LogP contribution in [0.5, 0.6) is 0 Å². The van der Waals surface area contributed by atoms with E-state index >= 15 is 13.2 Å². The van der Waals surface area contributed by atoms with E-state index in [0.717, 1.165) is 106 Å². The monoisotopic (exact) mass is 1420 g/mol. The van der Waals surface area contributed by atoms with Gasteiger partial charge in [-0.25, -0.2) is 66.5 Å². The highest BCUT2D eigenvalue weighted by Crippen LogP contribution is 2.34. The maximum Gasteiger partial charge on any atom is 0.232 e. The number of hydrogen-bond acceptors (Lipinski definition) is 17. The molecule has 6 aromatic heterocycles. The average Bonchev–Trinajstić information content (AvgIpc) is 1.54. The maximum atomic E-state index is 15.1. The minimum absolute atomic E-state index is 0.0361. The number of halogens is 6. The first kappa shape index (κ1) is 71.7. The van der Waals surface area contributed by atoms with Gasteiger partial charge in [-0.3, -0.25) is 28.5 Å². The number of hydrogen-bond donors (Lipinski definition) is 6. The summed E-state index contributed by atoms with van der Waals surface area (Å²) >= 11 is 0. The molecule has 522 valence electrons. The van der Waals surface area contributed by atoms with Crippen LogP contribution in [0.1, 0.15) is 108 Å². The van der Waals surface area contributed by atoms with Crippen LogP contribution in [-0.4, -0.2) is 167 Å². The molecule has 3 aromatic carbocycles. The van der Waals surface area contributed by atoms with Crippen molar-refractivity contribution in [2.24, 2.45) is 5.92 Å². The molecule has 9 heterocycles. The summed E-state index contributed by atoms with van der Waals surface area (Å²) in [6.07, 6.45) is 12.2. The fraction of sp³-hybridized carbons (Fsp3) is 0.364. The van der Waals surface area contributed by atoms with Crippen LogP contribution in [0.25, 0.3) is 33.1 Å². The van der Waals surface area contributed by atoms with Crippen molar-refractivity contribution >= 4 is 115 Å². The van der Waals surface area contributed by atoms with Crippen LogP contribution in [0, 0.1) is 40.8 Å². The molecule has 23 nitrogen and oxygen atoms in total. The van der Waals surface area contributed by atoms with Gasteiger partial charge in [-0.05, 0) is 99.7 Å². The average molecular weight is 1420 g/mol. The molecule has 0 amide bonds. The van der Waals surface area contributed by atoms with Crippen LogP contribution in [-0.2, 0) is 34.8 Å². The summed E-state index contributed by atoms with van der Waals surface area (Å²) in [5.41, 5.74) is -0.0795. The molecule has 9 aromatic rings. The van der Waals surface area contributed by atoms with Crippen molar-refractivity contribution in [1.29, 1.82) is 0 Å². The molecule has 0 saturated carbocycles. The van der Waals surface area contributed by atoms with E-state index < -0.39 is 116 Å². The molecule has 98 heavy (non-hydrogen) atoms. The Bertz CT molecular complexity index is 4620. The lowest BCUT2D eigenvalue weighted by Gasteiger charge is -2.33. The van der Waals surface area contributed by atoms with Crippen molar-refractivity contribution in [2.75, 3.05) is 119 Å². The number of morpholine rings is 1. The highest BCUT2D eigenvalue weighted by molar-refractivity contribution is 7.93. The molecular formula is C66H73F6N13O10S3. The number of likely N-dealkylation sites (N-methyl/N-ethyl adjacent to an activating group) is 1. The van der Waals surface area contributed by atoms with E-state index in [1.165, 1.54) is 18.6 Å². The summed E-state index contributed by atoms with van der Waals surface area (Å²) in [6, 6.07) is 10.8. The summed E-state index contributed by atoms with van der Waals surface area (Å²) in [4.78, 5) is 69.8. The number of ketones is 3. The highest BCUT2D eigenvalue weighted by atomic mass is 32.2. The lowest BCUT2D eigenvalue weighted by molar-refractivity contribution is 0.102. The number of aromatic amines is 3. The molecule has 3 aliphatic rings. The SMILES string of the molecule is CCCS(=O)(=O)Nc1ccc(F)c(C(=O)c2c[nH]c3ncc(N4CCC(C)CC4)cc23)c1F.CCCS(=O)(=O)Nc1ccc(F)c(C(=O)c2c[nH]c3ncc(N4CCN(C)CC4)cc23)c1F.CCCS(=O)(=O)Nc1ccc(F)c(C(=O)c2c[nH]c3ncc(N4CCOCC4)cc23)c1F. The van der Waals surface area contributed by atoms with Crippen LogP contribution in [0.15, 0.2) is 91.8 Å². The van der Waals surface area contributed by atoms with Crippen molar-refractivity contribution in [1.82, 2.24) is 34.8 Å². The molecule has 6 N–H and O–H groups in total. The van der Waals surface area contributed by atoms with Crippen LogP contribution in [0.3, 0.4) is 0 Å². The predicted octanol–water partition coefficient (Wildman–Crippen LogP) is 10.5. The van der Waals surface area contributed by atoms with Crippen molar-refractivity contribution < 1.29 is 70.7 Å². The predicted molar refractivity (Wildman–Crippen MR) is 364 cm³/mol. The lowest BCUT2D eigenvalue weighted by atomic mass is 9.98. The molecule has 0 spiro atoms. The minimum atomic E-state index is -3.82. The Balaban J connectivity index is 0.000000159. The van der Waals surface area contributed by atoms with Crippen molar-refractivity contribution in [3.05, 3.63) is 160 Å². The molecule has 0 bridgehead atoms. The Morgan fingerprint density at radius 3 is 1.10 bits per heavy atom. The maximum absolute atomic E-state index is 15.1. The number of H-pyrrole nitrogens is 3. The summed E-state index contributed by atoms with van der Waals surface area (Å²) in [7, 11) is -9.42. The first-order valence-corrected chi connectivity index (χ1v) is 36.7. The van der Waals surface area contributed by atoms with E-state index in [0.29, 0.717) is 84.6 Å². The zero-order valence-corrected chi connectivity index (χ0v) is 56.6. The molecule has 0 atom stereocenters. The zero-order valence-electron chi connectivity index (χ0n) is 54.2. The summed E-state index contributed by atoms with van der Waals surface area (Å²) in [5, 5.41) is 1.30. The van der Waals surface area contributed by atoms with E-state index in [9.17, 15) is 52.8 Å². The number of fused-ring (bicyclic) bond motifs is 3. The molecule has 0 radical (unpaired) electrons. The Kier molecular flexibility index (Phi) is 22.2. The van der Waals surface area contributed by atoms with E-state index in [-0.39, 0.29) is 33.9 Å². The van der Waals surface area contributed by atoms with Crippen molar-refractivity contribution in [3.63, 3.8) is 0 Å². The number of anilines is 6. The summed E-state index contributed by atoms with van der Waals surface area (Å²) in [6.45, 7) is 14.7. The molecule has 3 aliphatic heterocycles. The summed E-state index contributed by atoms with van der Waals surface area (Å²) in [5.74, 6) is -9.73. The topological polar surface area (TPSA) is 298 Å². The second-order valence-corrected chi connectivity index (χ2v) is 29.6. The second-order valence-electron chi connectivity index (χ2n) is 24.0. The number of aromatic nitrogens is 6. The third-order valence-electron chi connectivity index (χ3n) is 16.8. The van der Waals surface area contributed by atoms with Gasteiger partial charge in [0.2, 0.25) is 47.4 Å². The van der Waals surface area contributed by atoms with Gasteiger partial charge in [-0.1, -0.05) is 27.7 Å². The van der Waals surface area contributed by atoms with E-state index in [1.54, 1.807) is 57.6 Å². The lowest BCUT2D eigenvalue weighted by Crippen LogP contribution is -2.44. The number of piperidine rings is 1. The quantitative estimate of drug-likeness (QED) is 0.0288. The molecule has 3 saturated heterocycles. The number of piperazine rings is 1. The fourth-order valence-electron chi connectivity index (χ4n) is 11.6. The van der Waals surface area contributed by atoms with Gasteiger partial charge in [-0.15, -0.1) is 0 Å². The fourth-order valence-corrected chi connectivity index (χ4v) is 15.0. The largest absolute Gasteiger partial charge is 0.378 e. The van der Waals surface area contributed by atoms with Gasteiger partial charge in [0, 0.05) is 104 Å². The number of nitrogens with zero attached hydrogens (tertiary/aromatic N) is 7. The van der Waals surface area contributed by atoms with Gasteiger partial charge in [-0.2, -0.15) is 0 Å². The van der Waals surface area contributed by atoms with Gasteiger partial charge in [0.15, 0.2) is 17.5 Å². The Morgan fingerprint density at radius 1 is 0.480 bits per heavy atom. The number of carbonyl (C=O) groups is 3. The smallest absolute Gasteiger partial charge is 0.232 e. The number of pyridine rings is 3. The van der Waals surface area contributed by atoms with Gasteiger partial charge in [0.1, 0.15) is 34.4 Å². The number of ether oxygens (including phenoxy) is 1. The second kappa shape index (κ2) is 30.3. The molecule has 32 heteroatoms. The number of benzene rings is 3. The first-order valence-electron chi connectivity index (χ1n) is 31.7. The van der Waals surface area contributed by atoms with Crippen LogP contribution in [0.2, 0.25) is 0 Å². The zero-order chi connectivity index (χ0) is 70.4. The molecule has 0 aliphatic carbocycles. The van der Waals surface area contributed by atoms with Gasteiger partial charge in [0.05, 0.1) is 99.9 Å². The normalized spacial score (nSPS) is 15.0. The van der Waals surface area contributed by atoms with E-state index in [1.807, 2.05) is 11.9 Å². The highest BCUT2D eigenvalue weighted by Gasteiger charge is 2.31. The molecule has 12 rings (SSSR count). The Hall–Kier alpha value is -9.11. The van der Waals surface area contributed by atoms with E-state index in [2.05, 4.69) is 65.7 Å². The summed E-state index contributed by atoms with van der Waals surface area (Å²) < 4.78 is 173. The number of sulfonamides is 3. The van der Waals surface area contributed by atoms with Crippen LogP contribution in [0.4, 0.5) is 60.5 Å². The minimum Gasteiger partial charge on any atom is -0.378 e. The Labute approximate surface area is 561 Å². The first-order chi connectivity index (χ1) is 46.7. The molecule has 3 fully saturated rings. The van der Waals surface area contributed by atoms with Gasteiger partial charge >= 0.3 is 0 Å². The van der Waals surface area contributed by atoms with Crippen molar-refractivity contribution in [2.45, 2.75) is 59.8 Å². The number of rotatable bonds is 21. The van der Waals surface area contributed by atoms with E-state index in [4.69, 9.17) is 4.74 Å².